The molecule has 0 unspecified atom stereocenters. The van der Waals surface area contributed by atoms with Crippen LogP contribution < -0.4 is 14.8 Å². The van der Waals surface area contributed by atoms with Crippen LogP contribution in [0.3, 0.4) is 0 Å². The second-order valence-corrected chi connectivity index (χ2v) is 7.61. The number of hydrogen-bond donors (Lipinski definition) is 1. The average Bonchev–Trinajstić information content (AvgIpc) is 3.24. The number of hydrogen-bond acceptors (Lipinski definition) is 6. The van der Waals surface area contributed by atoms with Gasteiger partial charge in [0.2, 0.25) is 5.91 Å². The number of anilines is 1. The monoisotopic (exact) mass is 403 g/mol. The van der Waals surface area contributed by atoms with Gasteiger partial charge >= 0.3 is 0 Å². The van der Waals surface area contributed by atoms with Crippen LogP contribution in [0.15, 0.2) is 29.8 Å². The Hall–Kier alpha value is -2.61. The zero-order valence-electron chi connectivity index (χ0n) is 16.1. The van der Waals surface area contributed by atoms with Crippen LogP contribution in [0.1, 0.15) is 42.5 Å². The molecule has 1 N–H and O–H groups in total. The Labute approximate surface area is 168 Å². The first-order valence-electron chi connectivity index (χ1n) is 9.34. The highest BCUT2D eigenvalue weighted by Gasteiger charge is 2.29. The van der Waals surface area contributed by atoms with E-state index >= 15 is 0 Å². The fraction of sp³-hybridized carbons (Fsp3) is 0.450. The zero-order chi connectivity index (χ0) is 19.9. The van der Waals surface area contributed by atoms with Crippen LogP contribution in [0.25, 0.3) is 0 Å². The van der Waals surface area contributed by atoms with Gasteiger partial charge < -0.3 is 19.7 Å². The first-order valence-corrected chi connectivity index (χ1v) is 10.2. The maximum atomic E-state index is 13.3. The molecule has 28 heavy (non-hydrogen) atoms. The van der Waals surface area contributed by atoms with E-state index in [-0.39, 0.29) is 24.4 Å². The van der Waals surface area contributed by atoms with E-state index in [9.17, 15) is 9.59 Å². The quantitative estimate of drug-likeness (QED) is 0.764. The Kier molecular flexibility index (Phi) is 6.86. The fourth-order valence-electron chi connectivity index (χ4n) is 3.45. The predicted molar refractivity (Wildman–Crippen MR) is 108 cm³/mol. The third-order valence-electron chi connectivity index (χ3n) is 4.87. The van der Waals surface area contributed by atoms with Crippen LogP contribution in [-0.2, 0) is 4.79 Å². The number of carbonyl (C=O) groups is 2. The molecule has 0 aliphatic heterocycles. The summed E-state index contributed by atoms with van der Waals surface area (Å²) in [5, 5.41) is 5.09. The van der Waals surface area contributed by atoms with Crippen molar-refractivity contribution >= 4 is 28.3 Å². The van der Waals surface area contributed by atoms with Gasteiger partial charge in [0.15, 0.2) is 5.13 Å². The summed E-state index contributed by atoms with van der Waals surface area (Å²) in [6, 6.07) is 5.12. The van der Waals surface area contributed by atoms with Gasteiger partial charge in [0.25, 0.3) is 5.91 Å². The third kappa shape index (κ3) is 5.01. The number of ether oxygens (including phenoxy) is 2. The Balaban J connectivity index is 1.83. The highest BCUT2D eigenvalue weighted by Crippen LogP contribution is 2.27. The van der Waals surface area contributed by atoms with E-state index in [1.165, 1.54) is 11.3 Å². The standard InChI is InChI=1S/C20H25N3O4S/c1-26-16-10-14(11-17(12-16)27-2)19(25)23(15-6-4-3-5-7-15)13-18(24)22-20-21-8-9-28-20/h8-12,15H,3-7,13H2,1-2H3,(H,21,22,24). The number of thiazole rings is 1. The SMILES string of the molecule is COc1cc(OC)cc(C(=O)N(CC(=O)Nc2nccs2)C2CCCCC2)c1. The number of rotatable bonds is 7. The second-order valence-electron chi connectivity index (χ2n) is 6.71. The highest BCUT2D eigenvalue weighted by molar-refractivity contribution is 7.13. The van der Waals surface area contributed by atoms with Crippen LogP contribution >= 0.6 is 11.3 Å². The normalized spacial score (nSPS) is 14.4. The molecule has 1 aliphatic carbocycles. The Morgan fingerprint density at radius 2 is 1.82 bits per heavy atom. The second kappa shape index (κ2) is 9.54. The fourth-order valence-corrected chi connectivity index (χ4v) is 4.00. The summed E-state index contributed by atoms with van der Waals surface area (Å²) in [7, 11) is 3.09. The van der Waals surface area contributed by atoms with E-state index in [0.717, 1.165) is 32.1 Å². The van der Waals surface area contributed by atoms with Gasteiger partial charge in [0.05, 0.1) is 14.2 Å². The molecule has 0 radical (unpaired) electrons. The summed E-state index contributed by atoms with van der Waals surface area (Å²) in [6.07, 6.45) is 6.71. The number of nitrogens with zero attached hydrogens (tertiary/aromatic N) is 2. The molecule has 1 aromatic carbocycles. The maximum Gasteiger partial charge on any atom is 0.254 e. The smallest absolute Gasteiger partial charge is 0.254 e. The summed E-state index contributed by atoms with van der Waals surface area (Å²) in [6.45, 7) is -0.0113. The maximum absolute atomic E-state index is 13.3. The Morgan fingerprint density at radius 1 is 1.14 bits per heavy atom. The summed E-state index contributed by atoms with van der Waals surface area (Å²) in [5.74, 6) is 0.638. The van der Waals surface area contributed by atoms with Crippen LogP contribution in [0.2, 0.25) is 0 Å². The largest absolute Gasteiger partial charge is 0.497 e. The van der Waals surface area contributed by atoms with Crippen molar-refractivity contribution in [1.82, 2.24) is 9.88 Å². The molecule has 2 aromatic rings. The van der Waals surface area contributed by atoms with Gasteiger partial charge in [-0.25, -0.2) is 4.98 Å². The van der Waals surface area contributed by atoms with Gasteiger partial charge in [0.1, 0.15) is 18.0 Å². The molecule has 1 fully saturated rings. The minimum absolute atomic E-state index is 0.0113. The van der Waals surface area contributed by atoms with Gasteiger partial charge in [-0.05, 0) is 25.0 Å². The Morgan fingerprint density at radius 3 is 2.39 bits per heavy atom. The lowest BCUT2D eigenvalue weighted by Gasteiger charge is -2.34. The molecule has 150 valence electrons. The lowest BCUT2D eigenvalue weighted by Crippen LogP contribution is -2.45. The number of carbonyl (C=O) groups excluding carboxylic acids is 2. The van der Waals surface area contributed by atoms with Crippen molar-refractivity contribution in [2.24, 2.45) is 0 Å². The minimum Gasteiger partial charge on any atom is -0.497 e. The first kappa shape index (κ1) is 20.1. The molecular weight excluding hydrogens is 378 g/mol. The molecule has 2 amide bonds. The molecular formula is C20H25N3O4S. The van der Waals surface area contributed by atoms with Crippen molar-refractivity contribution < 1.29 is 19.1 Å². The molecule has 1 aromatic heterocycles. The summed E-state index contributed by atoms with van der Waals surface area (Å²) < 4.78 is 10.6. The summed E-state index contributed by atoms with van der Waals surface area (Å²) >= 11 is 1.35. The molecule has 0 bridgehead atoms. The highest BCUT2D eigenvalue weighted by atomic mass is 32.1. The van der Waals surface area contributed by atoms with E-state index in [1.807, 2.05) is 0 Å². The van der Waals surface area contributed by atoms with Crippen LogP contribution in [0, 0.1) is 0 Å². The van der Waals surface area contributed by atoms with Crippen molar-refractivity contribution in [2.75, 3.05) is 26.1 Å². The number of aromatic nitrogens is 1. The topological polar surface area (TPSA) is 80.8 Å². The van der Waals surface area contributed by atoms with Crippen molar-refractivity contribution in [3.8, 4) is 11.5 Å². The van der Waals surface area contributed by atoms with Crippen molar-refractivity contribution in [3.05, 3.63) is 35.3 Å². The van der Waals surface area contributed by atoms with Crippen molar-refractivity contribution in [3.63, 3.8) is 0 Å². The van der Waals surface area contributed by atoms with E-state index in [0.29, 0.717) is 22.2 Å². The number of benzene rings is 1. The molecule has 1 heterocycles. The zero-order valence-corrected chi connectivity index (χ0v) is 17.0. The van der Waals surface area contributed by atoms with Crippen molar-refractivity contribution in [1.29, 1.82) is 0 Å². The average molecular weight is 404 g/mol. The number of nitrogens with one attached hydrogen (secondary N) is 1. The Bertz CT molecular complexity index is 782. The van der Waals surface area contributed by atoms with E-state index < -0.39 is 0 Å². The van der Waals surface area contributed by atoms with Gasteiger partial charge in [-0.2, -0.15) is 0 Å². The third-order valence-corrected chi connectivity index (χ3v) is 5.56. The van der Waals surface area contributed by atoms with Crippen LogP contribution in [0.5, 0.6) is 11.5 Å². The first-order chi connectivity index (χ1) is 13.6. The lowest BCUT2D eigenvalue weighted by molar-refractivity contribution is -0.117. The van der Waals surface area contributed by atoms with Crippen LogP contribution in [-0.4, -0.2) is 48.5 Å². The van der Waals surface area contributed by atoms with Gasteiger partial charge in [0, 0.05) is 29.2 Å². The molecule has 0 spiro atoms. The van der Waals surface area contributed by atoms with Crippen LogP contribution in [0.4, 0.5) is 5.13 Å². The van der Waals surface area contributed by atoms with Gasteiger partial charge in [-0.3, -0.25) is 9.59 Å². The van der Waals surface area contributed by atoms with E-state index in [2.05, 4.69) is 10.3 Å². The molecule has 7 nitrogen and oxygen atoms in total. The van der Waals surface area contributed by atoms with Gasteiger partial charge in [-0.1, -0.05) is 19.3 Å². The van der Waals surface area contributed by atoms with E-state index in [1.54, 1.807) is 48.9 Å². The van der Waals surface area contributed by atoms with Crippen molar-refractivity contribution in [2.45, 2.75) is 38.1 Å². The molecule has 8 heteroatoms. The van der Waals surface area contributed by atoms with E-state index in [4.69, 9.17) is 9.47 Å². The number of amides is 2. The minimum atomic E-state index is -0.247. The molecule has 1 aliphatic rings. The predicted octanol–water partition coefficient (Wildman–Crippen LogP) is 3.57. The molecule has 3 rings (SSSR count). The van der Waals surface area contributed by atoms with Gasteiger partial charge in [-0.15, -0.1) is 11.3 Å². The summed E-state index contributed by atoms with van der Waals surface area (Å²) in [4.78, 5) is 31.6. The number of methoxy groups -OCH3 is 2. The molecule has 0 saturated heterocycles. The molecule has 0 atom stereocenters. The molecule has 1 saturated carbocycles. The lowest BCUT2D eigenvalue weighted by atomic mass is 9.93. The summed E-state index contributed by atoms with van der Waals surface area (Å²) in [5.41, 5.74) is 0.448.